The van der Waals surface area contributed by atoms with Gasteiger partial charge in [0.1, 0.15) is 9.79 Å². The zero-order valence-electron chi connectivity index (χ0n) is 28.6. The standard InChI is InChI=1S/C33H25N9O12S3/c1-17-12-22(35-32-36-31(37-33(45)38-32)34-19-6-8-21(9-7-19)40-39-20-4-2-18(3-5-20)30(43)44)10-11-27(17)42-41-23-13-25-26(28(14-23)56(49,50)51)15-24(55(46,47)48)16-29(25)57(52,53)54/h2-16H,1H3,(H,43,44)(H,46,47,48)(H,49,50,51)(H,52,53,54)(H3,34,35,36,37,38,45). The molecule has 5 aromatic carbocycles. The van der Waals surface area contributed by atoms with Crippen molar-refractivity contribution < 1.29 is 53.9 Å². The van der Waals surface area contributed by atoms with Crippen molar-refractivity contribution in [3.8, 4) is 6.01 Å². The molecule has 7 N–H and O–H groups in total. The number of benzene rings is 5. The normalized spacial score (nSPS) is 12.4. The first-order chi connectivity index (χ1) is 26.7. The number of carboxylic acid groups (broad SMARTS) is 1. The number of aryl methyl sites for hydroxylation is 1. The molecule has 0 aliphatic heterocycles. The van der Waals surface area contributed by atoms with Crippen LogP contribution < -0.4 is 10.6 Å². The number of aromatic hydroxyl groups is 1. The highest BCUT2D eigenvalue weighted by molar-refractivity contribution is 7.87. The van der Waals surface area contributed by atoms with E-state index in [0.717, 1.165) is 12.1 Å². The Balaban J connectivity index is 1.20. The molecule has 24 heteroatoms. The second-order valence-electron chi connectivity index (χ2n) is 11.7. The van der Waals surface area contributed by atoms with E-state index in [9.17, 15) is 48.8 Å². The lowest BCUT2D eigenvalue weighted by Crippen LogP contribution is -2.07. The number of carboxylic acids is 1. The molecule has 0 radical (unpaired) electrons. The quantitative estimate of drug-likeness (QED) is 0.0492. The number of hydrogen-bond acceptors (Lipinski definition) is 17. The van der Waals surface area contributed by atoms with Crippen LogP contribution in [0.15, 0.2) is 126 Å². The number of fused-ring (bicyclic) bond motifs is 1. The maximum atomic E-state index is 12.3. The van der Waals surface area contributed by atoms with Crippen molar-refractivity contribution in [2.45, 2.75) is 21.6 Å². The van der Waals surface area contributed by atoms with Crippen molar-refractivity contribution in [1.82, 2.24) is 15.0 Å². The Hall–Kier alpha value is -6.83. The van der Waals surface area contributed by atoms with Gasteiger partial charge in [0.2, 0.25) is 11.9 Å². The third-order valence-corrected chi connectivity index (χ3v) is 10.3. The average molecular weight is 836 g/mol. The summed E-state index contributed by atoms with van der Waals surface area (Å²) in [5.74, 6) is -1.13. The van der Waals surface area contributed by atoms with Crippen LogP contribution in [-0.4, -0.2) is 70.0 Å². The summed E-state index contributed by atoms with van der Waals surface area (Å²) in [5.41, 5.74) is 2.40. The highest BCUT2D eigenvalue weighted by atomic mass is 32.2. The first kappa shape index (κ1) is 39.9. The molecular formula is C33H25N9O12S3. The summed E-state index contributed by atoms with van der Waals surface area (Å²) in [6.45, 7) is 1.63. The summed E-state index contributed by atoms with van der Waals surface area (Å²) in [7, 11) is -15.5. The molecule has 0 atom stereocenters. The Morgan fingerprint density at radius 3 is 1.63 bits per heavy atom. The number of aromatic nitrogens is 3. The van der Waals surface area contributed by atoms with E-state index in [1.54, 1.807) is 37.3 Å². The van der Waals surface area contributed by atoms with Crippen LogP contribution in [0.3, 0.4) is 0 Å². The fraction of sp³-hybridized carbons (Fsp3) is 0.0303. The van der Waals surface area contributed by atoms with Gasteiger partial charge in [0.05, 0.1) is 33.2 Å². The molecule has 6 aromatic rings. The number of hydrogen-bond donors (Lipinski definition) is 7. The van der Waals surface area contributed by atoms with Crippen molar-refractivity contribution in [3.05, 3.63) is 102 Å². The van der Waals surface area contributed by atoms with E-state index in [1.807, 2.05) is 0 Å². The summed E-state index contributed by atoms with van der Waals surface area (Å²) >= 11 is 0. The minimum Gasteiger partial charge on any atom is -0.479 e. The Morgan fingerprint density at radius 1 is 0.579 bits per heavy atom. The predicted molar refractivity (Wildman–Crippen MR) is 201 cm³/mol. The molecule has 0 amide bonds. The van der Waals surface area contributed by atoms with E-state index in [-0.39, 0.29) is 28.8 Å². The van der Waals surface area contributed by atoms with Crippen LogP contribution in [0.1, 0.15) is 15.9 Å². The second-order valence-corrected chi connectivity index (χ2v) is 15.9. The highest BCUT2D eigenvalue weighted by Gasteiger charge is 2.25. The van der Waals surface area contributed by atoms with Gasteiger partial charge >= 0.3 is 12.0 Å². The number of nitrogens with one attached hydrogen (secondary N) is 2. The minimum absolute atomic E-state index is 0.0222. The fourth-order valence-electron chi connectivity index (χ4n) is 5.08. The van der Waals surface area contributed by atoms with E-state index in [0.29, 0.717) is 40.4 Å². The smallest absolute Gasteiger partial charge is 0.335 e. The molecule has 57 heavy (non-hydrogen) atoms. The summed E-state index contributed by atoms with van der Waals surface area (Å²) in [6.07, 6.45) is 0. The van der Waals surface area contributed by atoms with E-state index >= 15 is 0 Å². The summed E-state index contributed by atoms with van der Waals surface area (Å²) in [6, 6.07) is 19.2. The van der Waals surface area contributed by atoms with Crippen molar-refractivity contribution in [1.29, 1.82) is 0 Å². The third kappa shape index (κ3) is 9.71. The summed E-state index contributed by atoms with van der Waals surface area (Å²) < 4.78 is 102. The lowest BCUT2D eigenvalue weighted by atomic mass is 10.1. The van der Waals surface area contributed by atoms with Crippen LogP contribution in [-0.2, 0) is 30.4 Å². The lowest BCUT2D eigenvalue weighted by molar-refractivity contribution is 0.0696. The highest BCUT2D eigenvalue weighted by Crippen LogP contribution is 2.36. The fourth-order valence-corrected chi connectivity index (χ4v) is 7.13. The molecule has 0 saturated carbocycles. The number of azo groups is 2. The zero-order valence-corrected chi connectivity index (χ0v) is 31.1. The summed E-state index contributed by atoms with van der Waals surface area (Å²) in [5, 5.41) is 40.0. The number of anilines is 4. The van der Waals surface area contributed by atoms with Gasteiger partial charge in [-0.1, -0.05) is 0 Å². The first-order valence-corrected chi connectivity index (χ1v) is 20.0. The number of carbonyl (C=O) groups is 1. The van der Waals surface area contributed by atoms with Crippen molar-refractivity contribution in [2.75, 3.05) is 10.6 Å². The molecule has 21 nitrogen and oxygen atoms in total. The van der Waals surface area contributed by atoms with Crippen LogP contribution >= 0.6 is 0 Å². The number of rotatable bonds is 12. The minimum atomic E-state index is -5.22. The van der Waals surface area contributed by atoms with Crippen LogP contribution in [0.4, 0.5) is 46.0 Å². The predicted octanol–water partition coefficient (Wildman–Crippen LogP) is 6.80. The van der Waals surface area contributed by atoms with E-state index in [4.69, 9.17) is 5.11 Å². The van der Waals surface area contributed by atoms with Gasteiger partial charge in [-0.05, 0) is 103 Å². The monoisotopic (exact) mass is 835 g/mol. The molecule has 0 unspecified atom stereocenters. The average Bonchev–Trinajstić information content (AvgIpc) is 3.12. The largest absolute Gasteiger partial charge is 0.479 e. The molecule has 1 aromatic heterocycles. The van der Waals surface area contributed by atoms with Crippen LogP contribution in [0, 0.1) is 6.92 Å². The van der Waals surface area contributed by atoms with Crippen molar-refractivity contribution >= 4 is 93.1 Å². The van der Waals surface area contributed by atoms with Gasteiger partial charge in [-0.3, -0.25) is 13.7 Å². The van der Waals surface area contributed by atoms with E-state index in [1.165, 1.54) is 36.4 Å². The van der Waals surface area contributed by atoms with E-state index in [2.05, 4.69) is 46.0 Å². The van der Waals surface area contributed by atoms with Gasteiger partial charge in [0, 0.05) is 22.1 Å². The first-order valence-electron chi connectivity index (χ1n) is 15.6. The number of nitrogens with zero attached hydrogens (tertiary/aromatic N) is 7. The molecule has 0 fully saturated rings. The molecule has 292 valence electrons. The SMILES string of the molecule is Cc1cc(Nc2nc(O)nc(Nc3ccc(N=Nc4ccc(C(=O)O)cc4)cc3)n2)ccc1N=Nc1cc(S(=O)(=O)O)c2cc(S(=O)(=O)O)cc(S(=O)(=O)O)c2c1. The van der Waals surface area contributed by atoms with Crippen molar-refractivity contribution in [2.24, 2.45) is 20.5 Å². The molecule has 0 spiro atoms. The molecule has 6 rings (SSSR count). The Morgan fingerprint density at radius 2 is 1.09 bits per heavy atom. The van der Waals surface area contributed by atoms with Crippen molar-refractivity contribution in [3.63, 3.8) is 0 Å². The Labute approximate surface area is 321 Å². The molecule has 0 saturated heterocycles. The molecular weight excluding hydrogens is 811 g/mol. The van der Waals surface area contributed by atoms with Gasteiger partial charge in [-0.15, -0.1) is 0 Å². The lowest BCUT2D eigenvalue weighted by Gasteiger charge is -2.11. The Kier molecular flexibility index (Phi) is 10.7. The van der Waals surface area contributed by atoms with Gasteiger partial charge in [0.15, 0.2) is 0 Å². The van der Waals surface area contributed by atoms with Crippen LogP contribution in [0.5, 0.6) is 6.01 Å². The molecule has 0 bridgehead atoms. The maximum Gasteiger partial charge on any atom is 0.335 e. The van der Waals surface area contributed by atoms with Crippen LogP contribution in [0.25, 0.3) is 10.8 Å². The molecule has 1 heterocycles. The Bertz CT molecular complexity index is 2980. The topological polar surface area (TPSA) is 333 Å². The molecule has 0 aliphatic carbocycles. The van der Waals surface area contributed by atoms with Gasteiger partial charge in [-0.2, -0.15) is 60.7 Å². The van der Waals surface area contributed by atoms with Gasteiger partial charge in [0.25, 0.3) is 30.4 Å². The molecule has 0 aliphatic rings. The zero-order chi connectivity index (χ0) is 41.3. The summed E-state index contributed by atoms with van der Waals surface area (Å²) in [4.78, 5) is 19.9. The maximum absolute atomic E-state index is 12.3. The van der Waals surface area contributed by atoms with Crippen LogP contribution in [0.2, 0.25) is 0 Å². The van der Waals surface area contributed by atoms with Gasteiger partial charge in [-0.25, -0.2) is 4.79 Å². The third-order valence-electron chi connectivity index (χ3n) is 7.67. The van der Waals surface area contributed by atoms with E-state index < -0.39 is 67.8 Å². The van der Waals surface area contributed by atoms with Gasteiger partial charge < -0.3 is 20.8 Å². The second kappa shape index (κ2) is 15.4. The number of aromatic carboxylic acids is 1.